The summed E-state index contributed by atoms with van der Waals surface area (Å²) in [6, 6.07) is 0. The zero-order valence-corrected chi connectivity index (χ0v) is 11.7. The van der Waals surface area contributed by atoms with E-state index in [0.29, 0.717) is 13.0 Å². The molecular formula is C16H28O2. The van der Waals surface area contributed by atoms with Crippen molar-refractivity contribution in [3.05, 3.63) is 12.2 Å². The van der Waals surface area contributed by atoms with Crippen molar-refractivity contribution >= 4 is 5.97 Å². The lowest BCUT2D eigenvalue weighted by molar-refractivity contribution is -0.142. The summed E-state index contributed by atoms with van der Waals surface area (Å²) >= 11 is 0. The molecular weight excluding hydrogens is 224 g/mol. The number of carbonyl (C=O) groups is 1. The van der Waals surface area contributed by atoms with Gasteiger partial charge in [0.2, 0.25) is 0 Å². The molecule has 104 valence electrons. The number of esters is 1. The van der Waals surface area contributed by atoms with E-state index in [4.69, 9.17) is 4.74 Å². The second-order valence-corrected chi connectivity index (χ2v) is 5.23. The summed E-state index contributed by atoms with van der Waals surface area (Å²) in [5.41, 5.74) is 0. The second-order valence-electron chi connectivity index (χ2n) is 5.23. The van der Waals surface area contributed by atoms with Gasteiger partial charge in [0.25, 0.3) is 0 Å². The number of ether oxygens (including phenoxy) is 1. The van der Waals surface area contributed by atoms with E-state index < -0.39 is 0 Å². The molecule has 0 unspecified atom stereocenters. The lowest BCUT2D eigenvalue weighted by atomic mass is 10.1. The maximum absolute atomic E-state index is 11.4. The molecule has 0 bridgehead atoms. The maximum Gasteiger partial charge on any atom is 0.306 e. The molecule has 0 atom stereocenters. The molecule has 0 saturated heterocycles. The smallest absolute Gasteiger partial charge is 0.306 e. The third kappa shape index (κ3) is 9.26. The van der Waals surface area contributed by atoms with Crippen LogP contribution < -0.4 is 0 Å². The Kier molecular flexibility index (Phi) is 9.59. The number of carbonyl (C=O) groups excluding carboxylic acids is 1. The molecule has 0 radical (unpaired) electrons. The highest BCUT2D eigenvalue weighted by molar-refractivity contribution is 5.69. The molecule has 18 heavy (non-hydrogen) atoms. The minimum absolute atomic E-state index is 0.0380. The number of rotatable bonds is 0. The van der Waals surface area contributed by atoms with Crippen LogP contribution in [0.4, 0.5) is 0 Å². The third-order valence-corrected chi connectivity index (χ3v) is 3.51. The Morgan fingerprint density at radius 2 is 1.28 bits per heavy atom. The average molecular weight is 252 g/mol. The van der Waals surface area contributed by atoms with Gasteiger partial charge in [0.05, 0.1) is 0 Å². The van der Waals surface area contributed by atoms with Crippen molar-refractivity contribution in [2.45, 2.75) is 77.0 Å². The summed E-state index contributed by atoms with van der Waals surface area (Å²) in [6.07, 6.45) is 18.7. The van der Waals surface area contributed by atoms with E-state index in [0.717, 1.165) is 12.8 Å². The molecule has 1 rings (SSSR count). The van der Waals surface area contributed by atoms with Crippen LogP contribution in [0.1, 0.15) is 77.0 Å². The van der Waals surface area contributed by atoms with Crippen LogP contribution in [-0.2, 0) is 9.53 Å². The summed E-state index contributed by atoms with van der Waals surface area (Å²) in [5, 5.41) is 0. The van der Waals surface area contributed by atoms with Crippen LogP contribution in [0.25, 0.3) is 0 Å². The van der Waals surface area contributed by atoms with Gasteiger partial charge in [0.1, 0.15) is 6.61 Å². The molecule has 0 amide bonds. The van der Waals surface area contributed by atoms with E-state index in [1.807, 2.05) is 6.08 Å². The Morgan fingerprint density at radius 1 is 0.722 bits per heavy atom. The van der Waals surface area contributed by atoms with Gasteiger partial charge in [0.15, 0.2) is 0 Å². The van der Waals surface area contributed by atoms with Gasteiger partial charge in [-0.05, 0) is 19.3 Å². The Hall–Kier alpha value is -0.790. The SMILES string of the molecule is O=C1CCCCCCCCCCCC/C=C\CO1. The minimum atomic E-state index is -0.0380. The van der Waals surface area contributed by atoms with Crippen molar-refractivity contribution in [3.8, 4) is 0 Å². The normalized spacial score (nSPS) is 23.9. The maximum atomic E-state index is 11.4. The Labute approximate surface area is 112 Å². The van der Waals surface area contributed by atoms with Gasteiger partial charge in [-0.2, -0.15) is 0 Å². The predicted octanol–water partition coefficient (Wildman–Crippen LogP) is 4.78. The topological polar surface area (TPSA) is 26.3 Å². The summed E-state index contributed by atoms with van der Waals surface area (Å²) in [4.78, 5) is 11.4. The average Bonchev–Trinajstić information content (AvgIpc) is 2.37. The lowest BCUT2D eigenvalue weighted by Crippen LogP contribution is -2.03. The predicted molar refractivity (Wildman–Crippen MR) is 75.5 cm³/mol. The monoisotopic (exact) mass is 252 g/mol. The summed E-state index contributed by atoms with van der Waals surface area (Å²) in [5.74, 6) is -0.0380. The molecule has 0 aliphatic carbocycles. The van der Waals surface area contributed by atoms with Gasteiger partial charge in [-0.15, -0.1) is 0 Å². The van der Waals surface area contributed by atoms with E-state index in [1.54, 1.807) is 0 Å². The lowest BCUT2D eigenvalue weighted by Gasteiger charge is -2.02. The van der Waals surface area contributed by atoms with Crippen molar-refractivity contribution in [2.24, 2.45) is 0 Å². The van der Waals surface area contributed by atoms with E-state index >= 15 is 0 Å². The fourth-order valence-corrected chi connectivity index (χ4v) is 2.34. The molecule has 1 aliphatic rings. The molecule has 1 aliphatic heterocycles. The third-order valence-electron chi connectivity index (χ3n) is 3.51. The van der Waals surface area contributed by atoms with Crippen LogP contribution in [0.3, 0.4) is 0 Å². The zero-order valence-electron chi connectivity index (χ0n) is 11.7. The van der Waals surface area contributed by atoms with E-state index in [9.17, 15) is 4.79 Å². The van der Waals surface area contributed by atoms with Crippen molar-refractivity contribution < 1.29 is 9.53 Å². The van der Waals surface area contributed by atoms with Crippen molar-refractivity contribution in [3.63, 3.8) is 0 Å². The van der Waals surface area contributed by atoms with Crippen molar-refractivity contribution in [2.75, 3.05) is 6.61 Å². The van der Waals surface area contributed by atoms with Crippen LogP contribution in [0.5, 0.6) is 0 Å². The standard InChI is InChI=1S/C16H28O2/c17-16-14-12-10-8-6-4-2-1-3-5-7-9-11-13-15-18-16/h11,13H,1-10,12,14-15H2/b13-11-. The first-order chi connectivity index (χ1) is 8.89. The molecule has 0 aromatic carbocycles. The number of hydrogen-bond donors (Lipinski definition) is 0. The highest BCUT2D eigenvalue weighted by atomic mass is 16.5. The Bertz CT molecular complexity index is 233. The van der Waals surface area contributed by atoms with E-state index in [2.05, 4.69) is 6.08 Å². The molecule has 0 aromatic heterocycles. The second kappa shape index (κ2) is 11.3. The molecule has 0 aromatic rings. The van der Waals surface area contributed by atoms with Crippen LogP contribution in [-0.4, -0.2) is 12.6 Å². The number of hydrogen-bond acceptors (Lipinski definition) is 2. The molecule has 0 spiro atoms. The van der Waals surface area contributed by atoms with Crippen molar-refractivity contribution in [1.29, 1.82) is 0 Å². The summed E-state index contributed by atoms with van der Waals surface area (Å²) in [6.45, 7) is 0.457. The molecule has 2 heteroatoms. The van der Waals surface area contributed by atoms with Crippen LogP contribution in [0.2, 0.25) is 0 Å². The van der Waals surface area contributed by atoms with E-state index in [1.165, 1.54) is 57.8 Å². The number of allylic oxidation sites excluding steroid dienone is 1. The van der Waals surface area contributed by atoms with Crippen LogP contribution in [0, 0.1) is 0 Å². The minimum Gasteiger partial charge on any atom is -0.461 e. The Morgan fingerprint density at radius 3 is 1.94 bits per heavy atom. The molecule has 2 nitrogen and oxygen atoms in total. The van der Waals surface area contributed by atoms with Gasteiger partial charge >= 0.3 is 5.97 Å². The fraction of sp³-hybridized carbons (Fsp3) is 0.812. The van der Waals surface area contributed by atoms with Gasteiger partial charge in [-0.1, -0.05) is 63.5 Å². The highest BCUT2D eigenvalue weighted by Gasteiger charge is 2.01. The summed E-state index contributed by atoms with van der Waals surface area (Å²) in [7, 11) is 0. The highest BCUT2D eigenvalue weighted by Crippen LogP contribution is 2.12. The van der Waals surface area contributed by atoms with E-state index in [-0.39, 0.29) is 5.97 Å². The largest absolute Gasteiger partial charge is 0.461 e. The first-order valence-corrected chi connectivity index (χ1v) is 7.70. The van der Waals surface area contributed by atoms with Crippen molar-refractivity contribution in [1.82, 2.24) is 0 Å². The molecule has 0 N–H and O–H groups in total. The quantitative estimate of drug-likeness (QED) is 0.458. The van der Waals surface area contributed by atoms with Gasteiger partial charge < -0.3 is 4.74 Å². The first kappa shape index (κ1) is 15.3. The van der Waals surface area contributed by atoms with Crippen LogP contribution >= 0.6 is 0 Å². The van der Waals surface area contributed by atoms with Crippen LogP contribution in [0.15, 0.2) is 12.2 Å². The Balaban J connectivity index is 2.18. The fourth-order valence-electron chi connectivity index (χ4n) is 2.34. The summed E-state index contributed by atoms with van der Waals surface area (Å²) < 4.78 is 5.14. The molecule has 0 fully saturated rings. The molecule has 1 heterocycles. The van der Waals surface area contributed by atoms with Gasteiger partial charge in [-0.25, -0.2) is 0 Å². The van der Waals surface area contributed by atoms with Gasteiger partial charge in [0, 0.05) is 6.42 Å². The molecule has 0 saturated carbocycles. The first-order valence-electron chi connectivity index (χ1n) is 7.70. The zero-order chi connectivity index (χ0) is 12.9. The number of cyclic esters (lactones) is 1. The van der Waals surface area contributed by atoms with Gasteiger partial charge in [-0.3, -0.25) is 4.79 Å².